The summed E-state index contributed by atoms with van der Waals surface area (Å²) in [6.45, 7) is 1.07. The van der Waals surface area contributed by atoms with Gasteiger partial charge in [-0.3, -0.25) is 0 Å². The van der Waals surface area contributed by atoms with Gasteiger partial charge in [0.15, 0.2) is 0 Å². The predicted octanol–water partition coefficient (Wildman–Crippen LogP) is 2.58. The van der Waals surface area contributed by atoms with Crippen molar-refractivity contribution in [2.24, 2.45) is 0 Å². The Morgan fingerprint density at radius 3 is 3.00 bits per heavy atom. The molecule has 0 radical (unpaired) electrons. The summed E-state index contributed by atoms with van der Waals surface area (Å²) in [5.41, 5.74) is 2.98. The van der Waals surface area contributed by atoms with Crippen LogP contribution in [0.3, 0.4) is 0 Å². The molecule has 3 heteroatoms. The van der Waals surface area contributed by atoms with Gasteiger partial charge in [0, 0.05) is 29.4 Å². The van der Waals surface area contributed by atoms with Gasteiger partial charge in [-0.1, -0.05) is 18.0 Å². The van der Waals surface area contributed by atoms with E-state index in [0.29, 0.717) is 10.6 Å². The van der Waals surface area contributed by atoms with Gasteiger partial charge in [-0.2, -0.15) is 0 Å². The maximum atomic E-state index is 5.83. The fourth-order valence-corrected chi connectivity index (χ4v) is 2.57. The second kappa shape index (κ2) is 2.38. The van der Waals surface area contributed by atoms with E-state index in [4.69, 9.17) is 11.6 Å². The molecule has 0 saturated heterocycles. The first-order chi connectivity index (χ1) is 6.30. The lowest BCUT2D eigenvalue weighted by Gasteiger charge is -2.37. The number of hydrogen-bond donors (Lipinski definition) is 1. The molecule has 1 fully saturated rings. The highest BCUT2D eigenvalue weighted by atomic mass is 35.5. The zero-order valence-corrected chi connectivity index (χ0v) is 8.06. The molecule has 0 aromatic carbocycles. The molecule has 2 nitrogen and oxygen atoms in total. The van der Waals surface area contributed by atoms with Gasteiger partial charge in [0.2, 0.25) is 0 Å². The Kier molecular flexibility index (Phi) is 1.40. The summed E-state index contributed by atoms with van der Waals surface area (Å²) in [6.07, 6.45) is 5.90. The molecule has 1 saturated carbocycles. The van der Waals surface area contributed by atoms with Crippen LogP contribution in [-0.4, -0.2) is 11.5 Å². The van der Waals surface area contributed by atoms with Crippen LogP contribution in [0.5, 0.6) is 0 Å². The molecular weight excluding hydrogens is 184 g/mol. The Morgan fingerprint density at radius 2 is 2.31 bits per heavy atom. The summed E-state index contributed by atoms with van der Waals surface area (Å²) >= 11 is 5.83. The lowest BCUT2D eigenvalue weighted by Crippen LogP contribution is -2.35. The SMILES string of the molecule is Clc1cc2c(cn1)C1(CCC1)CN2. The van der Waals surface area contributed by atoms with E-state index in [1.54, 1.807) is 0 Å². The van der Waals surface area contributed by atoms with Crippen molar-refractivity contribution in [3.05, 3.63) is 23.0 Å². The van der Waals surface area contributed by atoms with Crippen LogP contribution < -0.4 is 5.32 Å². The number of nitrogens with zero attached hydrogens (tertiary/aromatic N) is 1. The minimum Gasteiger partial charge on any atom is -0.384 e. The molecule has 1 aromatic rings. The number of halogens is 1. The third-order valence-corrected chi connectivity index (χ3v) is 3.58. The molecule has 0 atom stereocenters. The molecule has 0 amide bonds. The lowest BCUT2D eigenvalue weighted by atomic mass is 9.66. The van der Waals surface area contributed by atoms with Crippen LogP contribution in [0, 0.1) is 0 Å². The van der Waals surface area contributed by atoms with E-state index >= 15 is 0 Å². The number of hydrogen-bond acceptors (Lipinski definition) is 2. The topological polar surface area (TPSA) is 24.9 Å². The summed E-state index contributed by atoms with van der Waals surface area (Å²) in [4.78, 5) is 4.15. The van der Waals surface area contributed by atoms with E-state index < -0.39 is 0 Å². The first-order valence-electron chi connectivity index (χ1n) is 4.70. The van der Waals surface area contributed by atoms with Crippen LogP contribution in [0.1, 0.15) is 24.8 Å². The third kappa shape index (κ3) is 0.923. The Bertz CT molecular complexity index is 358. The quantitative estimate of drug-likeness (QED) is 0.643. The Balaban J connectivity index is 2.11. The highest BCUT2D eigenvalue weighted by Crippen LogP contribution is 2.50. The van der Waals surface area contributed by atoms with Crippen molar-refractivity contribution in [1.82, 2.24) is 4.98 Å². The second-order valence-electron chi connectivity index (χ2n) is 4.04. The highest BCUT2D eigenvalue weighted by Gasteiger charge is 2.43. The standard InChI is InChI=1S/C10H11ClN2/c11-9-4-8-7(5-12-9)10(6-13-8)2-1-3-10/h4-5,13H,1-3,6H2. The zero-order chi connectivity index (χ0) is 8.89. The van der Waals surface area contributed by atoms with E-state index in [1.165, 1.54) is 30.5 Å². The van der Waals surface area contributed by atoms with E-state index in [0.717, 1.165) is 6.54 Å². The van der Waals surface area contributed by atoms with Gasteiger partial charge in [-0.15, -0.1) is 0 Å². The largest absolute Gasteiger partial charge is 0.384 e. The number of anilines is 1. The van der Waals surface area contributed by atoms with Crippen molar-refractivity contribution in [2.45, 2.75) is 24.7 Å². The van der Waals surface area contributed by atoms with Crippen molar-refractivity contribution in [2.75, 3.05) is 11.9 Å². The Morgan fingerprint density at radius 1 is 1.46 bits per heavy atom. The summed E-state index contributed by atoms with van der Waals surface area (Å²) in [6, 6.07) is 1.93. The van der Waals surface area contributed by atoms with Crippen LogP contribution in [0.2, 0.25) is 5.15 Å². The molecule has 1 aliphatic carbocycles. The number of fused-ring (bicyclic) bond motifs is 2. The highest BCUT2D eigenvalue weighted by molar-refractivity contribution is 6.29. The minimum atomic E-state index is 0.410. The van der Waals surface area contributed by atoms with Gasteiger partial charge in [0.1, 0.15) is 5.15 Å². The van der Waals surface area contributed by atoms with Crippen molar-refractivity contribution in [3.63, 3.8) is 0 Å². The number of aromatic nitrogens is 1. The maximum absolute atomic E-state index is 5.83. The monoisotopic (exact) mass is 194 g/mol. The minimum absolute atomic E-state index is 0.410. The van der Waals surface area contributed by atoms with Crippen LogP contribution in [0.25, 0.3) is 0 Å². The number of pyridine rings is 1. The molecule has 1 spiro atoms. The van der Waals surface area contributed by atoms with E-state index in [2.05, 4.69) is 10.3 Å². The molecular formula is C10H11ClN2. The van der Waals surface area contributed by atoms with Gasteiger partial charge in [0.05, 0.1) is 0 Å². The molecule has 2 aliphatic rings. The van der Waals surface area contributed by atoms with E-state index in [-0.39, 0.29) is 0 Å². The summed E-state index contributed by atoms with van der Waals surface area (Å²) in [5.74, 6) is 0. The van der Waals surface area contributed by atoms with Gasteiger partial charge in [-0.25, -0.2) is 4.98 Å². The van der Waals surface area contributed by atoms with Crippen LogP contribution in [-0.2, 0) is 5.41 Å². The van der Waals surface area contributed by atoms with Crippen molar-refractivity contribution in [1.29, 1.82) is 0 Å². The molecule has 3 rings (SSSR count). The molecule has 1 aliphatic heterocycles. The van der Waals surface area contributed by atoms with Crippen LogP contribution >= 0.6 is 11.6 Å². The molecule has 68 valence electrons. The van der Waals surface area contributed by atoms with Crippen molar-refractivity contribution in [3.8, 4) is 0 Å². The summed E-state index contributed by atoms with van der Waals surface area (Å²) in [5, 5.41) is 4.00. The van der Waals surface area contributed by atoms with Gasteiger partial charge >= 0.3 is 0 Å². The molecule has 0 bridgehead atoms. The van der Waals surface area contributed by atoms with Crippen molar-refractivity contribution < 1.29 is 0 Å². The first kappa shape index (κ1) is 7.63. The summed E-state index contributed by atoms with van der Waals surface area (Å²) in [7, 11) is 0. The molecule has 0 unspecified atom stereocenters. The van der Waals surface area contributed by atoms with Crippen LogP contribution in [0.4, 0.5) is 5.69 Å². The maximum Gasteiger partial charge on any atom is 0.131 e. The first-order valence-corrected chi connectivity index (χ1v) is 5.08. The normalized spacial score (nSPS) is 22.2. The average Bonchev–Trinajstić information content (AvgIpc) is 2.41. The fraction of sp³-hybridized carbons (Fsp3) is 0.500. The number of nitrogens with one attached hydrogen (secondary N) is 1. The molecule has 13 heavy (non-hydrogen) atoms. The van der Waals surface area contributed by atoms with Gasteiger partial charge in [-0.05, 0) is 18.9 Å². The zero-order valence-electron chi connectivity index (χ0n) is 7.31. The predicted molar refractivity (Wildman–Crippen MR) is 53.3 cm³/mol. The Labute approximate surface area is 82.3 Å². The molecule has 1 aromatic heterocycles. The Hall–Kier alpha value is -0.760. The molecule has 2 heterocycles. The average molecular weight is 195 g/mol. The van der Waals surface area contributed by atoms with Gasteiger partial charge in [0.25, 0.3) is 0 Å². The van der Waals surface area contributed by atoms with Crippen molar-refractivity contribution >= 4 is 17.3 Å². The second-order valence-corrected chi connectivity index (χ2v) is 4.43. The van der Waals surface area contributed by atoms with E-state index in [1.807, 2.05) is 12.3 Å². The smallest absolute Gasteiger partial charge is 0.131 e. The number of rotatable bonds is 0. The van der Waals surface area contributed by atoms with Gasteiger partial charge < -0.3 is 5.32 Å². The summed E-state index contributed by atoms with van der Waals surface area (Å²) < 4.78 is 0. The van der Waals surface area contributed by atoms with E-state index in [9.17, 15) is 0 Å². The van der Waals surface area contributed by atoms with Crippen LogP contribution in [0.15, 0.2) is 12.3 Å². The fourth-order valence-electron chi connectivity index (χ4n) is 2.41. The third-order valence-electron chi connectivity index (χ3n) is 3.37. The molecule has 1 N–H and O–H groups in total. The lowest BCUT2D eigenvalue weighted by molar-refractivity contribution is 0.271.